The maximum atomic E-state index is 14.3. The molecule has 2 aromatic carbocycles. The summed E-state index contributed by atoms with van der Waals surface area (Å²) >= 11 is 0. The molecule has 3 aliphatic heterocycles. The minimum absolute atomic E-state index is 0.00267. The average Bonchev–Trinajstić information content (AvgIpc) is 3.96. The van der Waals surface area contributed by atoms with Crippen molar-refractivity contribution >= 4 is 47.3 Å². The number of hydrogen-bond acceptors (Lipinski definition) is 10. The van der Waals surface area contributed by atoms with Crippen molar-refractivity contribution < 1.29 is 48.6 Å². The lowest BCUT2D eigenvalue weighted by Gasteiger charge is -2.34. The second-order valence-corrected chi connectivity index (χ2v) is 16.5. The normalized spacial score (nSPS) is 27.9. The summed E-state index contributed by atoms with van der Waals surface area (Å²) in [6.07, 6.45) is -1.19. The molecule has 0 bridgehead atoms. The van der Waals surface area contributed by atoms with Crippen molar-refractivity contribution in [2.45, 2.75) is 127 Å². The van der Waals surface area contributed by atoms with Gasteiger partial charge in [0.15, 0.2) is 0 Å². The van der Waals surface area contributed by atoms with Crippen LogP contribution in [0.5, 0.6) is 0 Å². The van der Waals surface area contributed by atoms with Crippen LogP contribution in [0.1, 0.15) is 70.9 Å². The van der Waals surface area contributed by atoms with E-state index in [0.717, 1.165) is 0 Å². The van der Waals surface area contributed by atoms with Crippen LogP contribution in [0.25, 0.3) is 0 Å². The van der Waals surface area contributed by atoms with E-state index in [9.17, 15) is 48.6 Å². The number of benzene rings is 2. The number of carbonyl (C=O) groups excluding carboxylic acids is 8. The van der Waals surface area contributed by atoms with Crippen LogP contribution < -0.4 is 31.9 Å². The molecule has 3 fully saturated rings. The SMILES string of the molecule is CC[C@H](C)[C@H]1NC(=O)[C@@H]2CCCN2C(=O)[C@@H]([C@@H](C)O)NC(=O)[C@H]2CCCN2C(=O)[C@@H]([C@H](C)O)NC(=O)CNC(=O)[C@H](Cc2ccccc2)NC(=O)[C@@H](Cc2ccccc2)NC1=O. The number of fused-ring (bicyclic) bond motifs is 2. The number of amides is 8. The Hall–Kier alpha value is -5.88. The first-order valence-corrected chi connectivity index (χ1v) is 21.4. The first kappa shape index (κ1) is 47.2. The van der Waals surface area contributed by atoms with Crippen molar-refractivity contribution in [1.82, 2.24) is 41.7 Å². The molecule has 18 heteroatoms. The van der Waals surface area contributed by atoms with Crippen LogP contribution in [0, 0.1) is 5.92 Å². The van der Waals surface area contributed by atoms with E-state index in [1.54, 1.807) is 67.6 Å². The fraction of sp³-hybridized carbons (Fsp3) is 0.545. The van der Waals surface area contributed by atoms with Crippen molar-refractivity contribution in [2.24, 2.45) is 5.92 Å². The van der Waals surface area contributed by atoms with Crippen molar-refractivity contribution in [3.05, 3.63) is 71.8 Å². The third-order valence-electron chi connectivity index (χ3n) is 11.8. The molecule has 0 aliphatic carbocycles. The largest absolute Gasteiger partial charge is 0.391 e. The Labute approximate surface area is 361 Å². The minimum atomic E-state index is -1.53. The third-order valence-corrected chi connectivity index (χ3v) is 11.8. The van der Waals surface area contributed by atoms with E-state index in [4.69, 9.17) is 0 Å². The number of carbonyl (C=O) groups is 8. The van der Waals surface area contributed by atoms with Crippen molar-refractivity contribution in [3.63, 3.8) is 0 Å². The van der Waals surface area contributed by atoms with Crippen LogP contribution in [0.15, 0.2) is 60.7 Å². The molecule has 336 valence electrons. The highest BCUT2D eigenvalue weighted by atomic mass is 16.3. The van der Waals surface area contributed by atoms with Gasteiger partial charge in [0.1, 0.15) is 42.3 Å². The molecule has 3 heterocycles. The number of nitrogens with one attached hydrogen (secondary N) is 6. The molecule has 0 aromatic heterocycles. The van der Waals surface area contributed by atoms with Gasteiger partial charge in [-0.25, -0.2) is 0 Å². The fourth-order valence-electron chi connectivity index (χ4n) is 8.11. The predicted octanol–water partition coefficient (Wildman–Crippen LogP) is -1.18. The Kier molecular flexibility index (Phi) is 16.6. The molecule has 8 N–H and O–H groups in total. The minimum Gasteiger partial charge on any atom is -0.391 e. The van der Waals surface area contributed by atoms with Gasteiger partial charge in [0.05, 0.1) is 18.8 Å². The Bertz CT molecular complexity index is 1930. The van der Waals surface area contributed by atoms with Gasteiger partial charge in [-0.1, -0.05) is 80.9 Å². The molecule has 3 saturated heterocycles. The van der Waals surface area contributed by atoms with Crippen LogP contribution in [0.3, 0.4) is 0 Å². The van der Waals surface area contributed by atoms with Crippen LogP contribution in [0.2, 0.25) is 0 Å². The van der Waals surface area contributed by atoms with E-state index >= 15 is 0 Å². The summed E-state index contributed by atoms with van der Waals surface area (Å²) in [5, 5.41) is 37.4. The molecule has 0 unspecified atom stereocenters. The highest BCUT2D eigenvalue weighted by Crippen LogP contribution is 2.23. The molecule has 8 amide bonds. The van der Waals surface area contributed by atoms with Crippen LogP contribution in [0.4, 0.5) is 0 Å². The van der Waals surface area contributed by atoms with E-state index in [2.05, 4.69) is 31.9 Å². The Morgan fingerprint density at radius 2 is 1.00 bits per heavy atom. The summed E-state index contributed by atoms with van der Waals surface area (Å²) in [6.45, 7) is 5.75. The molecular formula is C44H60N8O10. The van der Waals surface area contributed by atoms with Gasteiger partial charge in [-0.2, -0.15) is 0 Å². The second kappa shape index (κ2) is 21.8. The lowest BCUT2D eigenvalue weighted by Crippen LogP contribution is -2.62. The summed E-state index contributed by atoms with van der Waals surface area (Å²) in [4.78, 5) is 114. The van der Waals surface area contributed by atoms with Crippen molar-refractivity contribution in [3.8, 4) is 0 Å². The smallest absolute Gasteiger partial charge is 0.248 e. The van der Waals surface area contributed by atoms with E-state index < -0.39 is 114 Å². The number of rotatable bonds is 8. The van der Waals surface area contributed by atoms with Gasteiger partial charge in [0, 0.05) is 25.9 Å². The number of hydrogen-bond donors (Lipinski definition) is 8. The first-order chi connectivity index (χ1) is 29.6. The zero-order valence-electron chi connectivity index (χ0n) is 35.7. The lowest BCUT2D eigenvalue weighted by molar-refractivity contribution is -0.147. The number of nitrogens with zero attached hydrogens (tertiary/aromatic N) is 2. The summed E-state index contributed by atoms with van der Waals surface area (Å²) in [5.41, 5.74) is 1.37. The van der Waals surface area contributed by atoms with Crippen molar-refractivity contribution in [1.29, 1.82) is 0 Å². The molecule has 5 rings (SSSR count). The van der Waals surface area contributed by atoms with Gasteiger partial charge in [0.25, 0.3) is 0 Å². The highest BCUT2D eigenvalue weighted by molar-refractivity contribution is 5.99. The highest BCUT2D eigenvalue weighted by Gasteiger charge is 2.44. The van der Waals surface area contributed by atoms with Crippen molar-refractivity contribution in [2.75, 3.05) is 19.6 Å². The van der Waals surface area contributed by atoms with Crippen LogP contribution in [-0.4, -0.2) is 141 Å². The van der Waals surface area contributed by atoms with E-state index in [1.165, 1.54) is 23.6 Å². The molecule has 10 atom stereocenters. The summed E-state index contributed by atoms with van der Waals surface area (Å²) in [7, 11) is 0. The Morgan fingerprint density at radius 1 is 0.565 bits per heavy atom. The Balaban J connectivity index is 1.52. The van der Waals surface area contributed by atoms with Gasteiger partial charge in [-0.05, 0) is 56.6 Å². The topological polar surface area (TPSA) is 256 Å². The fourth-order valence-corrected chi connectivity index (χ4v) is 8.11. The predicted molar refractivity (Wildman–Crippen MR) is 225 cm³/mol. The van der Waals surface area contributed by atoms with E-state index in [-0.39, 0.29) is 38.8 Å². The molecule has 2 aromatic rings. The zero-order chi connectivity index (χ0) is 45.1. The second-order valence-electron chi connectivity index (χ2n) is 16.5. The molecule has 0 radical (unpaired) electrons. The average molecular weight is 861 g/mol. The zero-order valence-corrected chi connectivity index (χ0v) is 35.7. The van der Waals surface area contributed by atoms with Gasteiger partial charge in [-0.3, -0.25) is 38.4 Å². The van der Waals surface area contributed by atoms with Gasteiger partial charge in [0.2, 0.25) is 47.3 Å². The molecule has 0 spiro atoms. The van der Waals surface area contributed by atoms with E-state index in [1.807, 2.05) is 6.92 Å². The molecule has 3 aliphatic rings. The lowest BCUT2D eigenvalue weighted by atomic mass is 9.96. The molecule has 18 nitrogen and oxygen atoms in total. The van der Waals surface area contributed by atoms with Crippen LogP contribution >= 0.6 is 0 Å². The quantitative estimate of drug-likeness (QED) is 0.158. The maximum absolute atomic E-state index is 14.3. The third kappa shape index (κ3) is 11.9. The Morgan fingerprint density at radius 3 is 1.47 bits per heavy atom. The van der Waals surface area contributed by atoms with Crippen LogP contribution in [-0.2, 0) is 51.2 Å². The summed E-state index contributed by atoms with van der Waals surface area (Å²) < 4.78 is 0. The van der Waals surface area contributed by atoms with E-state index in [0.29, 0.717) is 30.4 Å². The molecule has 0 saturated carbocycles. The van der Waals surface area contributed by atoms with Gasteiger partial charge in [-0.15, -0.1) is 0 Å². The molecule has 62 heavy (non-hydrogen) atoms. The monoisotopic (exact) mass is 860 g/mol. The van der Waals surface area contributed by atoms with Gasteiger partial charge >= 0.3 is 0 Å². The summed E-state index contributed by atoms with van der Waals surface area (Å²) in [5.74, 6) is -6.33. The van der Waals surface area contributed by atoms with Gasteiger partial charge < -0.3 is 51.9 Å². The molecular weight excluding hydrogens is 801 g/mol. The first-order valence-electron chi connectivity index (χ1n) is 21.4. The summed E-state index contributed by atoms with van der Waals surface area (Å²) in [6, 6.07) is 8.83. The standard InChI is InChI=1S/C44H60N8O10/c1-5-25(2)35-42(60)47-31(23-29-16-10-7-11-17-29)39(57)46-30(22-28-14-8-6-9-15-28)38(56)45-24-34(55)48-36(26(3)53)43(61)51-20-13-19-33(51)41(59)50-37(27(4)54)44(62)52-21-12-18-32(52)40(58)49-35/h6-11,14-17,25-27,30-33,35-37,53-54H,5,12-13,18-24H2,1-4H3,(H,45,56)(H,46,57)(H,47,60)(H,48,55)(H,49,58)(H,50,59)/t25-,26-,27+,30-,31+,32-,33+,35+,36+,37+/m0/s1. The maximum Gasteiger partial charge on any atom is 0.248 e. The number of aliphatic hydroxyl groups is 2. The number of aliphatic hydroxyl groups excluding tert-OH is 2.